The fourth-order valence-corrected chi connectivity index (χ4v) is 5.20. The summed E-state index contributed by atoms with van der Waals surface area (Å²) in [5.74, 6) is 2.62. The van der Waals surface area contributed by atoms with Crippen LogP contribution in [0, 0.1) is 0 Å². The fourth-order valence-electron chi connectivity index (χ4n) is 5.20. The predicted molar refractivity (Wildman–Crippen MR) is 180 cm³/mol. The molecule has 0 saturated heterocycles. The van der Waals surface area contributed by atoms with Crippen LogP contribution in [-0.4, -0.2) is 46.0 Å². The third-order valence-electron chi connectivity index (χ3n) is 7.69. The van der Waals surface area contributed by atoms with E-state index < -0.39 is 6.03 Å². The summed E-state index contributed by atoms with van der Waals surface area (Å²) in [6.07, 6.45) is 15.6. The number of urea groups is 1. The van der Waals surface area contributed by atoms with Crippen molar-refractivity contribution in [2.45, 2.75) is 39.0 Å². The first-order valence-corrected chi connectivity index (χ1v) is 15.3. The number of ether oxygens (including phenoxy) is 3. The number of nitrogens with zero attached hydrogens (tertiary/aromatic N) is 4. The van der Waals surface area contributed by atoms with E-state index in [-0.39, 0.29) is 5.41 Å². The Bertz CT molecular complexity index is 1850. The number of rotatable bonds is 9. The number of nitrogens with one attached hydrogen (secondary N) is 2. The molecule has 2 aromatic carbocycles. The van der Waals surface area contributed by atoms with Crippen molar-refractivity contribution in [2.24, 2.45) is 0 Å². The Hall–Kier alpha value is -5.51. The van der Waals surface area contributed by atoms with Crippen molar-refractivity contribution in [3.05, 3.63) is 115 Å². The third kappa shape index (κ3) is 6.91. The Kier molecular flexibility index (Phi) is 8.78. The number of anilines is 2. The Morgan fingerprint density at radius 1 is 1.07 bits per heavy atom. The van der Waals surface area contributed by atoms with E-state index in [0.29, 0.717) is 36.2 Å². The number of amides is 2. The van der Waals surface area contributed by atoms with Crippen LogP contribution in [0.15, 0.2) is 109 Å². The van der Waals surface area contributed by atoms with E-state index in [9.17, 15) is 4.79 Å². The first-order valence-electron chi connectivity index (χ1n) is 15.3. The number of fused-ring (bicyclic) bond motifs is 1. The second-order valence-electron chi connectivity index (χ2n) is 12.0. The smallest absolute Gasteiger partial charge is 0.324 e. The van der Waals surface area contributed by atoms with E-state index >= 15 is 0 Å². The molecule has 2 amide bonds. The predicted octanol–water partition coefficient (Wildman–Crippen LogP) is 7.67. The molecule has 6 rings (SSSR count). The number of hydrogen-bond donors (Lipinski definition) is 2. The van der Waals surface area contributed by atoms with Gasteiger partial charge in [0.2, 0.25) is 5.88 Å². The van der Waals surface area contributed by atoms with E-state index in [0.717, 1.165) is 40.8 Å². The highest BCUT2D eigenvalue weighted by Crippen LogP contribution is 2.33. The highest BCUT2D eigenvalue weighted by Gasteiger charge is 2.22. The molecule has 0 saturated carbocycles. The molecule has 2 aromatic heterocycles. The summed E-state index contributed by atoms with van der Waals surface area (Å²) in [7, 11) is 1.57. The van der Waals surface area contributed by atoms with Gasteiger partial charge in [0.15, 0.2) is 0 Å². The monoisotopic (exact) mass is 618 g/mol. The van der Waals surface area contributed by atoms with Gasteiger partial charge in [-0.05, 0) is 36.6 Å². The molecule has 0 fully saturated rings. The topological polar surface area (TPSA) is 103 Å². The highest BCUT2D eigenvalue weighted by atomic mass is 16.5. The molecule has 1 aliphatic heterocycles. The summed E-state index contributed by atoms with van der Waals surface area (Å²) in [5, 5.41) is 12.5. The molecule has 0 bridgehead atoms. The number of allylic oxidation sites excluding steroid dienone is 4. The Morgan fingerprint density at radius 3 is 2.65 bits per heavy atom. The van der Waals surface area contributed by atoms with Crippen LogP contribution >= 0.6 is 0 Å². The Balaban J connectivity index is 1.15. The molecule has 1 aliphatic carbocycles. The molecular formula is C36H38N6O4. The minimum Gasteiger partial charge on any atom is -0.491 e. The maximum atomic E-state index is 13.4. The van der Waals surface area contributed by atoms with E-state index in [1.807, 2.05) is 60.9 Å². The van der Waals surface area contributed by atoms with Crippen LogP contribution in [0.3, 0.4) is 0 Å². The molecule has 2 N–H and O–H groups in total. The van der Waals surface area contributed by atoms with Gasteiger partial charge in [-0.2, -0.15) is 5.10 Å². The molecule has 0 radical (unpaired) electrons. The standard InChI is InChI=1S/C36H38N6O4/c1-36(2,3)32-22-33(42(40-32)26-14-17-34(44-4)37-23-26)39-35(43)38-29-15-16-30(28-13-9-8-12-27(28)29)45-20-18-41-19-21-46-31(24-41)25-10-6-5-7-11-25/h5-6,8-10,12-17,19,21-24H,7,11,18,20H2,1-4H3,(H2,38,39,43). The molecule has 10 heteroatoms. The molecule has 46 heavy (non-hydrogen) atoms. The van der Waals surface area contributed by atoms with Crippen molar-refractivity contribution < 1.29 is 19.0 Å². The number of hydrogen-bond acceptors (Lipinski definition) is 7. The van der Waals surface area contributed by atoms with Gasteiger partial charge in [0.05, 0.1) is 36.9 Å². The average molecular weight is 619 g/mol. The van der Waals surface area contributed by atoms with E-state index in [1.165, 1.54) is 5.57 Å². The summed E-state index contributed by atoms with van der Waals surface area (Å²) in [4.78, 5) is 19.7. The fraction of sp³-hybridized carbons (Fsp3) is 0.250. The maximum Gasteiger partial charge on any atom is 0.324 e. The maximum absolute atomic E-state index is 13.4. The zero-order chi connectivity index (χ0) is 32.1. The van der Waals surface area contributed by atoms with Gasteiger partial charge >= 0.3 is 6.03 Å². The van der Waals surface area contributed by atoms with E-state index in [1.54, 1.807) is 30.3 Å². The molecule has 3 heterocycles. The second-order valence-corrected chi connectivity index (χ2v) is 12.0. The number of benzene rings is 2. The van der Waals surface area contributed by atoms with Crippen LogP contribution in [0.1, 0.15) is 39.3 Å². The van der Waals surface area contributed by atoms with Crippen molar-refractivity contribution >= 4 is 28.3 Å². The van der Waals surface area contributed by atoms with Crippen molar-refractivity contribution in [3.63, 3.8) is 0 Å². The van der Waals surface area contributed by atoms with E-state index in [2.05, 4.69) is 59.5 Å². The normalized spacial score (nSPS) is 14.4. The quantitative estimate of drug-likeness (QED) is 0.198. The minimum absolute atomic E-state index is 0.231. The van der Waals surface area contributed by atoms with Gasteiger partial charge in [0, 0.05) is 40.7 Å². The number of carbonyl (C=O) groups excluding carboxylic acids is 1. The summed E-state index contributed by atoms with van der Waals surface area (Å²) in [5.41, 5.74) is 3.14. The summed E-state index contributed by atoms with van der Waals surface area (Å²) in [6.45, 7) is 7.33. The summed E-state index contributed by atoms with van der Waals surface area (Å²) >= 11 is 0. The SMILES string of the molecule is COc1ccc(-n2nc(C(C)(C)C)cc2NC(=O)Nc2ccc(OCCN3C=COC(C4=CC=CCC4)=C3)c3ccccc23)cn1. The Labute approximate surface area is 268 Å². The summed E-state index contributed by atoms with van der Waals surface area (Å²) in [6, 6.07) is 16.7. The van der Waals surface area contributed by atoms with Crippen LogP contribution in [0.25, 0.3) is 16.5 Å². The van der Waals surface area contributed by atoms with Crippen molar-refractivity contribution in [3.8, 4) is 17.3 Å². The Morgan fingerprint density at radius 2 is 1.91 bits per heavy atom. The van der Waals surface area contributed by atoms with Gasteiger partial charge in [0.1, 0.15) is 30.2 Å². The van der Waals surface area contributed by atoms with Crippen LogP contribution < -0.4 is 20.1 Å². The average Bonchev–Trinajstić information content (AvgIpc) is 3.50. The van der Waals surface area contributed by atoms with Gasteiger partial charge < -0.3 is 24.4 Å². The zero-order valence-corrected chi connectivity index (χ0v) is 26.5. The highest BCUT2D eigenvalue weighted by molar-refractivity contribution is 6.07. The van der Waals surface area contributed by atoms with Gasteiger partial charge in [-0.1, -0.05) is 63.3 Å². The lowest BCUT2D eigenvalue weighted by atomic mass is 9.92. The molecule has 236 valence electrons. The molecular weight excluding hydrogens is 580 g/mol. The van der Waals surface area contributed by atoms with Crippen LogP contribution in [0.2, 0.25) is 0 Å². The number of methoxy groups -OCH3 is 1. The number of aromatic nitrogens is 3. The summed E-state index contributed by atoms with van der Waals surface area (Å²) < 4.78 is 18.9. The van der Waals surface area contributed by atoms with Gasteiger partial charge in [0.25, 0.3) is 0 Å². The molecule has 4 aromatic rings. The minimum atomic E-state index is -0.396. The van der Waals surface area contributed by atoms with Gasteiger partial charge in [-0.3, -0.25) is 5.32 Å². The van der Waals surface area contributed by atoms with Crippen LogP contribution in [0.4, 0.5) is 16.3 Å². The molecule has 0 atom stereocenters. The van der Waals surface area contributed by atoms with E-state index in [4.69, 9.17) is 19.3 Å². The van der Waals surface area contributed by atoms with Crippen LogP contribution in [0.5, 0.6) is 11.6 Å². The van der Waals surface area contributed by atoms with Gasteiger partial charge in [-0.25, -0.2) is 14.5 Å². The lowest BCUT2D eigenvalue weighted by Gasteiger charge is -2.23. The second kappa shape index (κ2) is 13.2. The molecule has 2 aliphatic rings. The van der Waals surface area contributed by atoms with Gasteiger partial charge in [-0.15, -0.1) is 0 Å². The molecule has 0 spiro atoms. The van der Waals surface area contributed by atoms with Crippen LogP contribution in [-0.2, 0) is 10.2 Å². The zero-order valence-electron chi connectivity index (χ0n) is 26.5. The number of carbonyl (C=O) groups is 1. The molecule has 10 nitrogen and oxygen atoms in total. The lowest BCUT2D eigenvalue weighted by Crippen LogP contribution is -2.22. The third-order valence-corrected chi connectivity index (χ3v) is 7.69. The molecule has 0 unspecified atom stereocenters. The van der Waals surface area contributed by atoms with Crippen molar-refractivity contribution in [1.82, 2.24) is 19.7 Å². The first-order chi connectivity index (χ1) is 22.3. The van der Waals surface area contributed by atoms with Crippen molar-refractivity contribution in [1.29, 1.82) is 0 Å². The number of pyridine rings is 1. The lowest BCUT2D eigenvalue weighted by molar-refractivity contribution is 0.260. The largest absolute Gasteiger partial charge is 0.491 e. The first kappa shape index (κ1) is 30.5. The van der Waals surface area contributed by atoms with Crippen molar-refractivity contribution in [2.75, 3.05) is 30.9 Å².